The predicted molar refractivity (Wildman–Crippen MR) is 86.1 cm³/mol. The van der Waals surface area contributed by atoms with Crippen LogP contribution in [0.4, 0.5) is 5.82 Å². The van der Waals surface area contributed by atoms with Crippen molar-refractivity contribution >= 4 is 5.82 Å². The van der Waals surface area contributed by atoms with Crippen molar-refractivity contribution in [2.45, 2.75) is 65.5 Å². The molecule has 3 nitrogen and oxygen atoms in total. The summed E-state index contributed by atoms with van der Waals surface area (Å²) in [6, 6.07) is 5.18. The molecular weight excluding hydrogens is 246 g/mol. The molecule has 1 aromatic heterocycles. The summed E-state index contributed by atoms with van der Waals surface area (Å²) < 4.78 is 0. The monoisotopic (exact) mass is 275 g/mol. The smallest absolute Gasteiger partial charge is 0.126 e. The molecule has 112 valence electrons. The average Bonchev–Trinajstić information content (AvgIpc) is 3.16. The molecule has 1 heterocycles. The fourth-order valence-electron chi connectivity index (χ4n) is 2.02. The highest BCUT2D eigenvalue weighted by atomic mass is 15.0. The number of nitrogens with zero attached hydrogens (tertiary/aromatic N) is 1. The highest BCUT2D eigenvalue weighted by Crippen LogP contribution is 2.24. The van der Waals surface area contributed by atoms with Gasteiger partial charge in [0.2, 0.25) is 0 Å². The van der Waals surface area contributed by atoms with Crippen LogP contribution in [0.5, 0.6) is 0 Å². The molecule has 0 aliphatic heterocycles. The number of hydrogen-bond acceptors (Lipinski definition) is 3. The van der Waals surface area contributed by atoms with Crippen molar-refractivity contribution in [3.05, 3.63) is 23.4 Å². The molecule has 0 unspecified atom stereocenters. The van der Waals surface area contributed by atoms with Crippen LogP contribution in [-0.4, -0.2) is 17.6 Å². The van der Waals surface area contributed by atoms with Crippen molar-refractivity contribution in [1.29, 1.82) is 0 Å². The lowest BCUT2D eigenvalue weighted by molar-refractivity contribution is 0.566. The maximum atomic E-state index is 4.78. The quantitative estimate of drug-likeness (QED) is 0.831. The lowest BCUT2D eigenvalue weighted by Gasteiger charge is -2.21. The molecule has 3 heteroatoms. The van der Waals surface area contributed by atoms with Gasteiger partial charge in [-0.15, -0.1) is 0 Å². The van der Waals surface area contributed by atoms with Crippen LogP contribution >= 0.6 is 0 Å². The predicted octanol–water partition coefficient (Wildman–Crippen LogP) is 3.70. The molecule has 0 radical (unpaired) electrons. The Kier molecular flexibility index (Phi) is 4.69. The largest absolute Gasteiger partial charge is 0.370 e. The highest BCUT2D eigenvalue weighted by molar-refractivity contribution is 5.41. The van der Waals surface area contributed by atoms with Crippen LogP contribution in [0.1, 0.15) is 58.7 Å². The van der Waals surface area contributed by atoms with Crippen LogP contribution in [0.2, 0.25) is 0 Å². The summed E-state index contributed by atoms with van der Waals surface area (Å²) >= 11 is 0. The first-order valence-corrected chi connectivity index (χ1v) is 7.83. The molecule has 20 heavy (non-hydrogen) atoms. The van der Waals surface area contributed by atoms with Crippen molar-refractivity contribution < 1.29 is 0 Å². The Bertz CT molecular complexity index is 418. The summed E-state index contributed by atoms with van der Waals surface area (Å²) in [6.07, 6.45) is 2.66. The van der Waals surface area contributed by atoms with Crippen molar-refractivity contribution in [3.63, 3.8) is 0 Å². The average molecular weight is 275 g/mol. The summed E-state index contributed by atoms with van der Waals surface area (Å²) in [5, 5.41) is 7.05. The van der Waals surface area contributed by atoms with Gasteiger partial charge >= 0.3 is 0 Å². The molecule has 0 atom stereocenters. The number of rotatable bonds is 6. The molecule has 0 saturated heterocycles. The molecule has 1 saturated carbocycles. The Morgan fingerprint density at radius 3 is 2.50 bits per heavy atom. The van der Waals surface area contributed by atoms with E-state index in [2.05, 4.69) is 57.4 Å². The Hall–Kier alpha value is -1.09. The number of anilines is 1. The summed E-state index contributed by atoms with van der Waals surface area (Å²) in [5.74, 6) is 1.64. The summed E-state index contributed by atoms with van der Waals surface area (Å²) in [6.45, 7) is 13.0. The SMILES string of the molecule is CC(C)CNc1cc(CNC2CC2)cc(C(C)(C)C)n1. The minimum absolute atomic E-state index is 0.0872. The Balaban J connectivity index is 2.13. The Morgan fingerprint density at radius 1 is 1.25 bits per heavy atom. The number of aromatic nitrogens is 1. The van der Waals surface area contributed by atoms with E-state index in [1.54, 1.807) is 0 Å². The van der Waals surface area contributed by atoms with E-state index in [1.165, 1.54) is 24.1 Å². The van der Waals surface area contributed by atoms with E-state index in [0.29, 0.717) is 5.92 Å². The fraction of sp³-hybridized carbons (Fsp3) is 0.706. The van der Waals surface area contributed by atoms with E-state index in [0.717, 1.165) is 24.9 Å². The van der Waals surface area contributed by atoms with Crippen LogP contribution in [0, 0.1) is 5.92 Å². The highest BCUT2D eigenvalue weighted by Gasteiger charge is 2.21. The topological polar surface area (TPSA) is 37.0 Å². The van der Waals surface area contributed by atoms with Gasteiger partial charge in [0.05, 0.1) is 0 Å². The Morgan fingerprint density at radius 2 is 1.95 bits per heavy atom. The number of nitrogens with one attached hydrogen (secondary N) is 2. The van der Waals surface area contributed by atoms with E-state index in [4.69, 9.17) is 4.98 Å². The zero-order valence-corrected chi connectivity index (χ0v) is 13.6. The molecule has 1 aliphatic rings. The first-order chi connectivity index (χ1) is 9.34. The third-order valence-corrected chi connectivity index (χ3v) is 3.52. The number of hydrogen-bond donors (Lipinski definition) is 2. The van der Waals surface area contributed by atoms with Gasteiger partial charge in [-0.3, -0.25) is 0 Å². The molecule has 1 aromatic rings. The third-order valence-electron chi connectivity index (χ3n) is 3.52. The minimum Gasteiger partial charge on any atom is -0.370 e. The first-order valence-electron chi connectivity index (χ1n) is 7.83. The standard InChI is InChI=1S/C17H29N3/c1-12(2)10-19-16-9-13(11-18-14-6-7-14)8-15(20-16)17(3,4)5/h8-9,12,14,18H,6-7,10-11H2,1-5H3,(H,19,20). The van der Waals surface area contributed by atoms with Gasteiger partial charge in [0.15, 0.2) is 0 Å². The van der Waals surface area contributed by atoms with Crippen LogP contribution in [0.25, 0.3) is 0 Å². The molecule has 1 aliphatic carbocycles. The van der Waals surface area contributed by atoms with Gasteiger partial charge < -0.3 is 10.6 Å². The minimum atomic E-state index is 0.0872. The van der Waals surface area contributed by atoms with Crippen molar-refractivity contribution in [2.75, 3.05) is 11.9 Å². The van der Waals surface area contributed by atoms with E-state index in [-0.39, 0.29) is 5.41 Å². The van der Waals surface area contributed by atoms with E-state index < -0.39 is 0 Å². The molecule has 0 spiro atoms. The molecule has 1 fully saturated rings. The van der Waals surface area contributed by atoms with Gasteiger partial charge in [0, 0.05) is 30.2 Å². The maximum absolute atomic E-state index is 4.78. The summed E-state index contributed by atoms with van der Waals surface area (Å²) in [7, 11) is 0. The van der Waals surface area contributed by atoms with Gasteiger partial charge in [-0.25, -0.2) is 4.98 Å². The molecule has 2 N–H and O–H groups in total. The number of pyridine rings is 1. The maximum Gasteiger partial charge on any atom is 0.126 e. The lowest BCUT2D eigenvalue weighted by atomic mass is 9.90. The summed E-state index contributed by atoms with van der Waals surface area (Å²) in [4.78, 5) is 4.78. The molecule has 0 aromatic carbocycles. The van der Waals surface area contributed by atoms with Crippen LogP contribution < -0.4 is 10.6 Å². The van der Waals surface area contributed by atoms with Crippen molar-refractivity contribution in [1.82, 2.24) is 10.3 Å². The second kappa shape index (κ2) is 6.13. The van der Waals surface area contributed by atoms with Crippen molar-refractivity contribution in [2.24, 2.45) is 5.92 Å². The first kappa shape index (κ1) is 15.3. The zero-order chi connectivity index (χ0) is 14.8. The summed E-state index contributed by atoms with van der Waals surface area (Å²) in [5.41, 5.74) is 2.59. The van der Waals surface area contributed by atoms with Gasteiger partial charge in [-0.2, -0.15) is 0 Å². The molecule has 0 amide bonds. The van der Waals surface area contributed by atoms with E-state index >= 15 is 0 Å². The van der Waals surface area contributed by atoms with Gasteiger partial charge in [-0.05, 0) is 36.5 Å². The van der Waals surface area contributed by atoms with Crippen LogP contribution in [-0.2, 0) is 12.0 Å². The zero-order valence-electron chi connectivity index (χ0n) is 13.6. The second-order valence-electron chi connectivity index (χ2n) is 7.43. The fourth-order valence-corrected chi connectivity index (χ4v) is 2.02. The van der Waals surface area contributed by atoms with Crippen LogP contribution in [0.15, 0.2) is 12.1 Å². The molecule has 0 bridgehead atoms. The Labute approximate surface area is 123 Å². The molecular formula is C17H29N3. The van der Waals surface area contributed by atoms with Gasteiger partial charge in [0.25, 0.3) is 0 Å². The van der Waals surface area contributed by atoms with Gasteiger partial charge in [-0.1, -0.05) is 34.6 Å². The third kappa shape index (κ3) is 4.78. The van der Waals surface area contributed by atoms with Gasteiger partial charge in [0.1, 0.15) is 5.82 Å². The van der Waals surface area contributed by atoms with E-state index in [1.807, 2.05) is 0 Å². The van der Waals surface area contributed by atoms with Crippen LogP contribution in [0.3, 0.4) is 0 Å². The molecule has 2 rings (SSSR count). The lowest BCUT2D eigenvalue weighted by Crippen LogP contribution is -2.19. The van der Waals surface area contributed by atoms with E-state index in [9.17, 15) is 0 Å². The van der Waals surface area contributed by atoms with Crippen molar-refractivity contribution in [3.8, 4) is 0 Å². The second-order valence-corrected chi connectivity index (χ2v) is 7.43. The normalized spacial score (nSPS) is 15.7.